The lowest BCUT2D eigenvalue weighted by Crippen LogP contribution is -2.33. The molecule has 1 heteroatoms. The van der Waals surface area contributed by atoms with Gasteiger partial charge in [0.15, 0.2) is 0 Å². The van der Waals surface area contributed by atoms with E-state index in [1.54, 1.807) is 0 Å². The Kier molecular flexibility index (Phi) is 8.38. The SMILES string of the molecule is CC1(C)CCC(C)(C)c2cc(-c3cccc(N(c4ccc(-c5cccc6ccccc56)cc4)c4ccc(-c5cc6ccccc6c6ccccc56)cc4)c3)ccc21. The summed E-state index contributed by atoms with van der Waals surface area (Å²) < 4.78 is 0. The van der Waals surface area contributed by atoms with Crippen LogP contribution >= 0.6 is 0 Å². The minimum atomic E-state index is 0.147. The van der Waals surface area contributed by atoms with Crippen LogP contribution in [0.1, 0.15) is 51.7 Å². The predicted octanol–water partition coefficient (Wildman–Crippen LogP) is 16.0. The summed E-state index contributed by atoms with van der Waals surface area (Å²) in [6.07, 6.45) is 2.41. The van der Waals surface area contributed by atoms with Gasteiger partial charge in [0.1, 0.15) is 0 Å². The van der Waals surface area contributed by atoms with Crippen molar-refractivity contribution in [1.29, 1.82) is 0 Å². The van der Waals surface area contributed by atoms with Crippen molar-refractivity contribution in [3.63, 3.8) is 0 Å². The molecular weight excluding hydrogens is 687 g/mol. The summed E-state index contributed by atoms with van der Waals surface area (Å²) in [5.41, 5.74) is 14.1. The van der Waals surface area contributed by atoms with E-state index in [2.05, 4.69) is 221 Å². The average molecular weight is 734 g/mol. The Morgan fingerprint density at radius 2 is 0.860 bits per heavy atom. The van der Waals surface area contributed by atoms with E-state index in [9.17, 15) is 0 Å². The first-order valence-electron chi connectivity index (χ1n) is 20.4. The highest BCUT2D eigenvalue weighted by Gasteiger charge is 2.37. The number of fused-ring (bicyclic) bond motifs is 5. The zero-order valence-corrected chi connectivity index (χ0v) is 33.3. The van der Waals surface area contributed by atoms with Gasteiger partial charge in [0.05, 0.1) is 0 Å². The van der Waals surface area contributed by atoms with Crippen LogP contribution in [0, 0.1) is 0 Å². The molecule has 0 spiro atoms. The van der Waals surface area contributed by atoms with Crippen LogP contribution in [0.4, 0.5) is 17.1 Å². The van der Waals surface area contributed by atoms with Crippen LogP contribution in [-0.2, 0) is 10.8 Å². The summed E-state index contributed by atoms with van der Waals surface area (Å²) >= 11 is 0. The summed E-state index contributed by atoms with van der Waals surface area (Å²) in [5, 5.41) is 7.63. The molecule has 0 unspecified atom stereocenters. The Morgan fingerprint density at radius 1 is 0.333 bits per heavy atom. The van der Waals surface area contributed by atoms with E-state index in [-0.39, 0.29) is 10.8 Å². The highest BCUT2D eigenvalue weighted by molar-refractivity contribution is 6.13. The molecule has 1 aliphatic carbocycles. The van der Waals surface area contributed by atoms with Crippen molar-refractivity contribution in [1.82, 2.24) is 0 Å². The molecule has 0 N–H and O–H groups in total. The summed E-state index contributed by atoms with van der Waals surface area (Å²) in [4.78, 5) is 2.41. The number of rotatable bonds is 6. The van der Waals surface area contributed by atoms with Gasteiger partial charge in [-0.05, 0) is 143 Å². The maximum absolute atomic E-state index is 2.47. The smallest absolute Gasteiger partial charge is 0.0467 e. The van der Waals surface area contributed by atoms with Gasteiger partial charge in [0.2, 0.25) is 0 Å². The van der Waals surface area contributed by atoms with Crippen molar-refractivity contribution in [3.05, 3.63) is 199 Å². The van der Waals surface area contributed by atoms with Crippen LogP contribution in [0.25, 0.3) is 65.7 Å². The molecule has 0 saturated heterocycles. The molecule has 0 atom stereocenters. The lowest BCUT2D eigenvalue weighted by molar-refractivity contribution is 0.332. The monoisotopic (exact) mass is 733 g/mol. The quantitative estimate of drug-likeness (QED) is 0.154. The van der Waals surface area contributed by atoms with Gasteiger partial charge in [-0.15, -0.1) is 0 Å². The third-order valence-corrected chi connectivity index (χ3v) is 12.7. The lowest BCUT2D eigenvalue weighted by Gasteiger charge is -2.42. The number of nitrogens with zero attached hydrogens (tertiary/aromatic N) is 1. The maximum Gasteiger partial charge on any atom is 0.0467 e. The fourth-order valence-corrected chi connectivity index (χ4v) is 9.39. The largest absolute Gasteiger partial charge is 0.310 e. The average Bonchev–Trinajstić information content (AvgIpc) is 3.25. The molecule has 0 amide bonds. The van der Waals surface area contributed by atoms with Gasteiger partial charge in [0.25, 0.3) is 0 Å². The van der Waals surface area contributed by atoms with Crippen LogP contribution in [0.2, 0.25) is 0 Å². The lowest BCUT2D eigenvalue weighted by atomic mass is 9.63. The maximum atomic E-state index is 2.47. The summed E-state index contributed by atoms with van der Waals surface area (Å²) in [5.74, 6) is 0. The van der Waals surface area contributed by atoms with Crippen molar-refractivity contribution in [2.45, 2.75) is 51.4 Å². The van der Waals surface area contributed by atoms with E-state index in [0.29, 0.717) is 0 Å². The van der Waals surface area contributed by atoms with Crippen molar-refractivity contribution >= 4 is 49.4 Å². The number of hydrogen-bond donors (Lipinski definition) is 0. The van der Waals surface area contributed by atoms with E-state index in [1.807, 2.05) is 0 Å². The molecular formula is C56H47N. The molecule has 0 heterocycles. The molecule has 1 nitrogen and oxygen atoms in total. The Hall–Kier alpha value is -6.44. The molecule has 10 rings (SSSR count). The normalized spacial score (nSPS) is 14.5. The molecule has 1 aliphatic rings. The topological polar surface area (TPSA) is 3.24 Å². The molecule has 0 aromatic heterocycles. The zero-order chi connectivity index (χ0) is 38.7. The van der Waals surface area contributed by atoms with Gasteiger partial charge in [-0.2, -0.15) is 0 Å². The fraction of sp³-hybridized carbons (Fsp3) is 0.143. The number of benzene rings is 9. The Labute approximate surface area is 336 Å². The van der Waals surface area contributed by atoms with Crippen LogP contribution in [-0.4, -0.2) is 0 Å². The van der Waals surface area contributed by atoms with Crippen molar-refractivity contribution in [2.75, 3.05) is 4.90 Å². The van der Waals surface area contributed by atoms with Gasteiger partial charge >= 0.3 is 0 Å². The van der Waals surface area contributed by atoms with E-state index in [0.717, 1.165) is 17.1 Å². The van der Waals surface area contributed by atoms with Gasteiger partial charge < -0.3 is 4.90 Å². The van der Waals surface area contributed by atoms with Gasteiger partial charge in [-0.25, -0.2) is 0 Å². The Balaban J connectivity index is 1.09. The third kappa shape index (κ3) is 6.19. The molecule has 0 radical (unpaired) electrons. The van der Waals surface area contributed by atoms with E-state index in [4.69, 9.17) is 0 Å². The van der Waals surface area contributed by atoms with Crippen molar-refractivity contribution in [3.8, 4) is 33.4 Å². The first kappa shape index (κ1) is 35.0. The first-order valence-corrected chi connectivity index (χ1v) is 20.4. The van der Waals surface area contributed by atoms with Gasteiger partial charge in [-0.3, -0.25) is 0 Å². The molecule has 276 valence electrons. The van der Waals surface area contributed by atoms with Crippen LogP contribution in [0.15, 0.2) is 188 Å². The standard InChI is InChI=1S/C56H47N/c1-55(2)33-34-56(3,4)54-37-42(27-32-53(54)55)41-16-11-17-46(35-41)57(44-28-23-39(24-29-44)48-22-12-15-38-13-5-7-18-47(38)48)45-30-25-40(26-31-45)52-36-43-14-6-8-19-49(43)50-20-9-10-21-51(50)52/h5-32,35-37H,33-34H2,1-4H3. The number of hydrogen-bond acceptors (Lipinski definition) is 1. The highest BCUT2D eigenvalue weighted by atomic mass is 15.1. The zero-order valence-electron chi connectivity index (χ0n) is 33.3. The van der Waals surface area contributed by atoms with Crippen LogP contribution in [0.5, 0.6) is 0 Å². The summed E-state index contributed by atoms with van der Waals surface area (Å²) in [6.45, 7) is 9.63. The van der Waals surface area contributed by atoms with Gasteiger partial charge in [-0.1, -0.05) is 173 Å². The Morgan fingerprint density at radius 3 is 1.58 bits per heavy atom. The second-order valence-electron chi connectivity index (χ2n) is 17.2. The molecule has 0 bridgehead atoms. The predicted molar refractivity (Wildman–Crippen MR) is 245 cm³/mol. The van der Waals surface area contributed by atoms with E-state index >= 15 is 0 Å². The van der Waals surface area contributed by atoms with Crippen molar-refractivity contribution in [2.24, 2.45) is 0 Å². The summed E-state index contributed by atoms with van der Waals surface area (Å²) in [6, 6.07) is 69.7. The molecule has 0 fully saturated rings. The van der Waals surface area contributed by atoms with Crippen LogP contribution < -0.4 is 4.90 Å². The second kappa shape index (κ2) is 13.6. The van der Waals surface area contributed by atoms with Gasteiger partial charge in [0, 0.05) is 17.1 Å². The fourth-order valence-electron chi connectivity index (χ4n) is 9.39. The number of anilines is 3. The molecule has 9 aromatic carbocycles. The first-order chi connectivity index (χ1) is 27.7. The molecule has 0 aliphatic heterocycles. The highest BCUT2D eigenvalue weighted by Crippen LogP contribution is 2.47. The Bertz CT molecular complexity index is 2940. The molecule has 0 saturated carbocycles. The van der Waals surface area contributed by atoms with Crippen molar-refractivity contribution < 1.29 is 0 Å². The summed E-state index contributed by atoms with van der Waals surface area (Å²) in [7, 11) is 0. The van der Waals surface area contributed by atoms with E-state index < -0.39 is 0 Å². The molecule has 57 heavy (non-hydrogen) atoms. The second-order valence-corrected chi connectivity index (χ2v) is 17.2. The minimum absolute atomic E-state index is 0.147. The third-order valence-electron chi connectivity index (χ3n) is 12.7. The minimum Gasteiger partial charge on any atom is -0.310 e. The molecule has 9 aromatic rings. The van der Waals surface area contributed by atoms with Crippen LogP contribution in [0.3, 0.4) is 0 Å². The van der Waals surface area contributed by atoms with E-state index in [1.165, 1.54) is 89.7 Å².